The molecule has 5 nitrogen and oxygen atoms in total. The van der Waals surface area contributed by atoms with Crippen LogP contribution in [0.1, 0.15) is 11.3 Å². The van der Waals surface area contributed by atoms with Crippen LogP contribution in [-0.4, -0.2) is 62.0 Å². The summed E-state index contributed by atoms with van der Waals surface area (Å²) in [4.78, 5) is 7.13. The summed E-state index contributed by atoms with van der Waals surface area (Å²) >= 11 is 0.655. The van der Waals surface area contributed by atoms with Crippen LogP contribution in [0.4, 0.5) is 18.3 Å². The number of alkyl halides is 3. The molecule has 10 heteroatoms. The van der Waals surface area contributed by atoms with Crippen molar-refractivity contribution in [2.24, 2.45) is 0 Å². The first-order valence-corrected chi connectivity index (χ1v) is 9.61. The van der Waals surface area contributed by atoms with Crippen LogP contribution in [0, 0.1) is 0 Å². The minimum atomic E-state index is -4.35. The third-order valence-corrected chi connectivity index (χ3v) is 6.94. The van der Waals surface area contributed by atoms with Crippen molar-refractivity contribution >= 4 is 26.3 Å². The van der Waals surface area contributed by atoms with E-state index in [1.807, 2.05) is 4.90 Å². The van der Waals surface area contributed by atoms with Gasteiger partial charge in [0.1, 0.15) is 4.88 Å². The van der Waals surface area contributed by atoms with E-state index in [0.717, 1.165) is 6.20 Å². The van der Waals surface area contributed by atoms with Gasteiger partial charge in [-0.1, -0.05) is 11.3 Å². The predicted octanol–water partition coefficient (Wildman–Crippen LogP) is 1.47. The lowest BCUT2D eigenvalue weighted by Gasteiger charge is -2.37. The molecule has 124 valence electrons. The first kappa shape index (κ1) is 16.0. The lowest BCUT2D eigenvalue weighted by Crippen LogP contribution is -2.50. The average Bonchev–Trinajstić information content (AvgIpc) is 3.05. The summed E-state index contributed by atoms with van der Waals surface area (Å²) in [6, 6.07) is 0.0502. The third kappa shape index (κ3) is 3.38. The fourth-order valence-corrected chi connectivity index (χ4v) is 5.48. The lowest BCUT2D eigenvalue weighted by atomic mass is 10.2. The van der Waals surface area contributed by atoms with E-state index in [9.17, 15) is 21.6 Å². The highest BCUT2D eigenvalue weighted by atomic mass is 32.2. The van der Waals surface area contributed by atoms with Crippen molar-refractivity contribution in [3.05, 3.63) is 11.1 Å². The number of rotatable bonds is 2. The molecule has 3 heterocycles. The van der Waals surface area contributed by atoms with Crippen molar-refractivity contribution in [1.82, 2.24) is 9.88 Å². The van der Waals surface area contributed by atoms with Crippen LogP contribution >= 0.6 is 11.3 Å². The number of halogens is 3. The van der Waals surface area contributed by atoms with Gasteiger partial charge in [-0.3, -0.25) is 4.90 Å². The highest BCUT2D eigenvalue weighted by Gasteiger charge is 2.36. The quantitative estimate of drug-likeness (QED) is 0.804. The van der Waals surface area contributed by atoms with E-state index in [0.29, 0.717) is 49.1 Å². The monoisotopic (exact) mass is 355 g/mol. The van der Waals surface area contributed by atoms with Gasteiger partial charge in [0, 0.05) is 32.2 Å². The number of anilines is 1. The van der Waals surface area contributed by atoms with Crippen molar-refractivity contribution in [1.29, 1.82) is 0 Å². The SMILES string of the molecule is O=S1(=O)CCC(N2CCN(c3ncc(C(F)(F)F)s3)CC2)C1. The van der Waals surface area contributed by atoms with Gasteiger partial charge in [0.2, 0.25) is 0 Å². The molecule has 0 amide bonds. The normalized spacial score (nSPS) is 26.5. The highest BCUT2D eigenvalue weighted by molar-refractivity contribution is 7.91. The molecule has 0 aromatic carbocycles. The van der Waals surface area contributed by atoms with E-state index >= 15 is 0 Å². The zero-order valence-corrected chi connectivity index (χ0v) is 13.3. The Morgan fingerprint density at radius 1 is 1.23 bits per heavy atom. The summed E-state index contributed by atoms with van der Waals surface area (Å²) in [5.41, 5.74) is 0. The molecule has 1 unspecified atom stereocenters. The molecule has 2 saturated heterocycles. The van der Waals surface area contributed by atoms with E-state index in [1.54, 1.807) is 0 Å². The van der Waals surface area contributed by atoms with Crippen molar-refractivity contribution < 1.29 is 21.6 Å². The summed E-state index contributed by atoms with van der Waals surface area (Å²) < 4.78 is 60.8. The molecule has 0 radical (unpaired) electrons. The molecule has 2 fully saturated rings. The van der Waals surface area contributed by atoms with Crippen LogP contribution < -0.4 is 4.90 Å². The minimum absolute atomic E-state index is 0.0502. The Bertz CT molecular complexity index is 636. The molecule has 0 bridgehead atoms. The fourth-order valence-electron chi connectivity index (χ4n) is 2.88. The van der Waals surface area contributed by atoms with Gasteiger partial charge < -0.3 is 4.90 Å². The number of sulfone groups is 1. The number of nitrogens with zero attached hydrogens (tertiary/aromatic N) is 3. The van der Waals surface area contributed by atoms with Gasteiger partial charge in [0.25, 0.3) is 0 Å². The Labute approximate surface area is 130 Å². The second kappa shape index (κ2) is 5.64. The Kier molecular flexibility index (Phi) is 4.11. The van der Waals surface area contributed by atoms with Crippen molar-refractivity contribution in [3.63, 3.8) is 0 Å². The maximum Gasteiger partial charge on any atom is 0.427 e. The molecule has 3 rings (SSSR count). The number of thiazole rings is 1. The highest BCUT2D eigenvalue weighted by Crippen LogP contribution is 2.36. The van der Waals surface area contributed by atoms with Gasteiger partial charge in [-0.2, -0.15) is 13.2 Å². The van der Waals surface area contributed by atoms with E-state index in [1.165, 1.54) is 0 Å². The standard InChI is InChI=1S/C12H16F3N3O2S2/c13-12(14,15)10-7-16-11(21-10)18-4-2-17(3-5-18)9-1-6-22(19,20)8-9/h7,9H,1-6,8H2. The molecule has 0 saturated carbocycles. The third-order valence-electron chi connectivity index (χ3n) is 4.08. The topological polar surface area (TPSA) is 53.5 Å². The maximum absolute atomic E-state index is 12.6. The van der Waals surface area contributed by atoms with Gasteiger partial charge in [-0.15, -0.1) is 0 Å². The van der Waals surface area contributed by atoms with Crippen LogP contribution in [0.5, 0.6) is 0 Å². The molecule has 1 aromatic rings. The number of hydrogen-bond acceptors (Lipinski definition) is 6. The minimum Gasteiger partial charge on any atom is -0.346 e. The first-order chi connectivity index (χ1) is 10.2. The van der Waals surface area contributed by atoms with E-state index < -0.39 is 20.9 Å². The van der Waals surface area contributed by atoms with Gasteiger partial charge in [0.05, 0.1) is 17.7 Å². The van der Waals surface area contributed by atoms with Crippen LogP contribution in [-0.2, 0) is 16.0 Å². The van der Waals surface area contributed by atoms with Crippen LogP contribution in [0.2, 0.25) is 0 Å². The lowest BCUT2D eigenvalue weighted by molar-refractivity contribution is -0.134. The predicted molar refractivity (Wildman–Crippen MR) is 78.0 cm³/mol. The average molecular weight is 355 g/mol. The van der Waals surface area contributed by atoms with Gasteiger partial charge in [-0.25, -0.2) is 13.4 Å². The second-order valence-corrected chi connectivity index (χ2v) is 8.82. The molecule has 0 N–H and O–H groups in total. The molecule has 1 aromatic heterocycles. The van der Waals surface area contributed by atoms with Crippen LogP contribution in [0.15, 0.2) is 6.20 Å². The summed E-state index contributed by atoms with van der Waals surface area (Å²) in [5.74, 6) is 0.432. The number of hydrogen-bond donors (Lipinski definition) is 0. The largest absolute Gasteiger partial charge is 0.427 e. The van der Waals surface area contributed by atoms with Crippen LogP contribution in [0.25, 0.3) is 0 Å². The van der Waals surface area contributed by atoms with Crippen molar-refractivity contribution in [2.75, 3.05) is 42.6 Å². The van der Waals surface area contributed by atoms with E-state index in [4.69, 9.17) is 0 Å². The van der Waals surface area contributed by atoms with E-state index in [2.05, 4.69) is 9.88 Å². The Balaban J connectivity index is 1.59. The van der Waals surface area contributed by atoms with Crippen molar-refractivity contribution in [2.45, 2.75) is 18.6 Å². The molecule has 0 spiro atoms. The second-order valence-electron chi connectivity index (χ2n) is 5.58. The molecule has 2 aliphatic rings. The zero-order chi connectivity index (χ0) is 16.0. The summed E-state index contributed by atoms with van der Waals surface area (Å²) in [6.45, 7) is 2.45. The fraction of sp³-hybridized carbons (Fsp3) is 0.750. The molecular weight excluding hydrogens is 339 g/mol. The molecule has 2 aliphatic heterocycles. The Morgan fingerprint density at radius 2 is 1.91 bits per heavy atom. The summed E-state index contributed by atoms with van der Waals surface area (Å²) in [7, 11) is -2.91. The Hall–Kier alpha value is -0.870. The van der Waals surface area contributed by atoms with Crippen molar-refractivity contribution in [3.8, 4) is 0 Å². The maximum atomic E-state index is 12.6. The summed E-state index contributed by atoms with van der Waals surface area (Å²) in [5, 5.41) is 0.381. The smallest absolute Gasteiger partial charge is 0.346 e. The van der Waals surface area contributed by atoms with Gasteiger partial charge in [-0.05, 0) is 6.42 Å². The molecular formula is C12H16F3N3O2S2. The number of piperazine rings is 1. The van der Waals surface area contributed by atoms with E-state index in [-0.39, 0.29) is 17.5 Å². The Morgan fingerprint density at radius 3 is 2.41 bits per heavy atom. The number of aromatic nitrogens is 1. The van der Waals surface area contributed by atoms with Crippen LogP contribution in [0.3, 0.4) is 0 Å². The van der Waals surface area contributed by atoms with Gasteiger partial charge in [0.15, 0.2) is 15.0 Å². The van der Waals surface area contributed by atoms with Gasteiger partial charge >= 0.3 is 6.18 Å². The summed E-state index contributed by atoms with van der Waals surface area (Å²) in [6.07, 6.45) is -2.83. The zero-order valence-electron chi connectivity index (χ0n) is 11.7. The molecule has 0 aliphatic carbocycles. The molecule has 1 atom stereocenters. The molecule has 22 heavy (non-hydrogen) atoms. The first-order valence-electron chi connectivity index (χ1n) is 6.97.